The van der Waals surface area contributed by atoms with Gasteiger partial charge in [0.15, 0.2) is 0 Å². The fraction of sp³-hybridized carbons (Fsp3) is 0.909. The van der Waals surface area contributed by atoms with Crippen LogP contribution < -0.4 is 0 Å². The average molecular weight is 353 g/mol. The highest BCUT2D eigenvalue weighted by Gasteiger charge is 2.53. The zero-order valence-electron chi connectivity index (χ0n) is 15.3. The molecule has 3 aliphatic carbocycles. The Hall–Kier alpha value is -0.860. The van der Waals surface area contributed by atoms with E-state index < -0.39 is 5.60 Å². The van der Waals surface area contributed by atoms with E-state index in [0.717, 1.165) is 25.2 Å². The van der Waals surface area contributed by atoms with Crippen LogP contribution in [0.1, 0.15) is 81.6 Å². The molecule has 146 valence electrons. The maximum atomic E-state index is 12.8. The number of ketones is 1. The van der Waals surface area contributed by atoms with Gasteiger partial charge in [0, 0.05) is 6.42 Å². The summed E-state index contributed by atoms with van der Waals surface area (Å²) in [6.07, 6.45) is 4.71. The quantitative estimate of drug-likeness (QED) is 0.629. The molecule has 3 saturated carbocycles. The summed E-state index contributed by atoms with van der Waals surface area (Å²) >= 11 is 0. The molecule has 0 N–H and O–H groups in total. The van der Waals surface area contributed by atoms with Crippen LogP contribution in [-0.4, -0.2) is 17.4 Å². The lowest BCUT2D eigenvalue weighted by Crippen LogP contribution is -2.45. The monoisotopic (exact) mass is 352 g/mol. The van der Waals surface area contributed by atoms with Crippen molar-refractivity contribution in [2.45, 2.75) is 87.2 Å². The number of hydrogen-bond acceptors (Lipinski definition) is 3. The van der Waals surface area contributed by atoms with Gasteiger partial charge in [0.1, 0.15) is 11.4 Å². The predicted molar refractivity (Wildman–Crippen MR) is 103 cm³/mol. The summed E-state index contributed by atoms with van der Waals surface area (Å²) < 4.78 is 5.94. The van der Waals surface area contributed by atoms with Crippen LogP contribution in [0.25, 0.3) is 0 Å². The standard InChI is InChI=1S/C20H32O3.2CH4/c1-11-6-7-17(18(21)8-11)20(4,5)23-19(22)16-10-14-9-15(16)13(3)12(14)2;;/h11-17H,6-10H2,1-5H3;2*1H4. The maximum Gasteiger partial charge on any atom is 0.309 e. The number of ether oxygens (including phenoxy) is 1. The van der Waals surface area contributed by atoms with Gasteiger partial charge >= 0.3 is 5.97 Å². The van der Waals surface area contributed by atoms with Crippen molar-refractivity contribution in [3.63, 3.8) is 0 Å². The normalized spacial score (nSPS) is 40.2. The van der Waals surface area contributed by atoms with E-state index in [9.17, 15) is 9.59 Å². The molecule has 0 heterocycles. The van der Waals surface area contributed by atoms with Gasteiger partial charge in [-0.1, -0.05) is 35.6 Å². The van der Waals surface area contributed by atoms with Crippen molar-refractivity contribution in [2.75, 3.05) is 0 Å². The van der Waals surface area contributed by atoms with Crippen molar-refractivity contribution < 1.29 is 14.3 Å². The molecule has 0 amide bonds. The SMILES string of the molecule is C.C.CC1CCC(C(C)(C)OC(=O)C2CC3CC2C(C)C3C)C(=O)C1. The first-order chi connectivity index (χ1) is 10.7. The predicted octanol–water partition coefficient (Wildman–Crippen LogP) is 5.51. The third-order valence-electron chi connectivity index (χ3n) is 7.29. The maximum absolute atomic E-state index is 12.8. The molecule has 0 radical (unpaired) electrons. The van der Waals surface area contributed by atoms with E-state index in [-0.39, 0.29) is 38.4 Å². The Morgan fingerprint density at radius 3 is 2.20 bits per heavy atom. The van der Waals surface area contributed by atoms with Gasteiger partial charge in [0.25, 0.3) is 0 Å². The first-order valence-electron chi connectivity index (χ1n) is 9.46. The molecule has 3 nitrogen and oxygen atoms in total. The molecular formula is C22H40O3. The summed E-state index contributed by atoms with van der Waals surface area (Å²) in [5.41, 5.74) is -0.662. The largest absolute Gasteiger partial charge is 0.459 e. The molecule has 25 heavy (non-hydrogen) atoms. The van der Waals surface area contributed by atoms with Crippen LogP contribution in [0.15, 0.2) is 0 Å². The van der Waals surface area contributed by atoms with E-state index in [1.54, 1.807) is 0 Å². The van der Waals surface area contributed by atoms with E-state index in [1.807, 2.05) is 13.8 Å². The van der Waals surface area contributed by atoms with E-state index >= 15 is 0 Å². The molecule has 0 aromatic heterocycles. The Morgan fingerprint density at radius 2 is 1.68 bits per heavy atom. The highest BCUT2D eigenvalue weighted by molar-refractivity contribution is 5.83. The Labute approximate surface area is 155 Å². The van der Waals surface area contributed by atoms with Gasteiger partial charge in [-0.25, -0.2) is 0 Å². The summed E-state index contributed by atoms with van der Waals surface area (Å²) in [5.74, 6) is 3.15. The summed E-state index contributed by atoms with van der Waals surface area (Å²) in [7, 11) is 0. The fourth-order valence-electron chi connectivity index (χ4n) is 5.55. The summed E-state index contributed by atoms with van der Waals surface area (Å²) in [4.78, 5) is 25.2. The number of esters is 1. The van der Waals surface area contributed by atoms with Gasteiger partial charge in [0.2, 0.25) is 0 Å². The van der Waals surface area contributed by atoms with Crippen molar-refractivity contribution in [1.82, 2.24) is 0 Å². The van der Waals surface area contributed by atoms with E-state index in [4.69, 9.17) is 4.74 Å². The Balaban J connectivity index is 0.00000156. The van der Waals surface area contributed by atoms with E-state index in [0.29, 0.717) is 30.1 Å². The molecule has 7 unspecified atom stereocenters. The van der Waals surface area contributed by atoms with Gasteiger partial charge in [0.05, 0.1) is 11.8 Å². The summed E-state index contributed by atoms with van der Waals surface area (Å²) in [5, 5.41) is 0. The van der Waals surface area contributed by atoms with Crippen molar-refractivity contribution >= 4 is 11.8 Å². The molecular weight excluding hydrogens is 312 g/mol. The number of fused-ring (bicyclic) bond motifs is 2. The van der Waals surface area contributed by atoms with E-state index in [1.165, 1.54) is 6.42 Å². The van der Waals surface area contributed by atoms with Crippen molar-refractivity contribution in [2.24, 2.45) is 41.4 Å². The number of carbonyl (C=O) groups is 2. The lowest BCUT2D eigenvalue weighted by molar-refractivity contribution is -0.172. The lowest BCUT2D eigenvalue weighted by Gasteiger charge is -2.39. The third-order valence-corrected chi connectivity index (χ3v) is 7.29. The second-order valence-corrected chi connectivity index (χ2v) is 9.15. The molecule has 3 heteroatoms. The highest BCUT2D eigenvalue weighted by atomic mass is 16.6. The van der Waals surface area contributed by atoms with Crippen molar-refractivity contribution in [3.8, 4) is 0 Å². The van der Waals surface area contributed by atoms with Gasteiger partial charge in [-0.3, -0.25) is 9.59 Å². The number of Topliss-reactive ketones (excluding diaryl/α,β-unsaturated/α-hetero) is 1. The fourth-order valence-corrected chi connectivity index (χ4v) is 5.55. The number of hydrogen-bond donors (Lipinski definition) is 0. The van der Waals surface area contributed by atoms with Crippen molar-refractivity contribution in [3.05, 3.63) is 0 Å². The average Bonchev–Trinajstić information content (AvgIpc) is 2.99. The highest BCUT2D eigenvalue weighted by Crippen LogP contribution is 2.55. The number of rotatable bonds is 3. The minimum Gasteiger partial charge on any atom is -0.459 e. The first kappa shape index (κ1) is 22.2. The summed E-state index contributed by atoms with van der Waals surface area (Å²) in [6, 6.07) is 0. The van der Waals surface area contributed by atoms with E-state index in [2.05, 4.69) is 20.8 Å². The van der Waals surface area contributed by atoms with Crippen molar-refractivity contribution in [1.29, 1.82) is 0 Å². The molecule has 0 saturated heterocycles. The first-order valence-corrected chi connectivity index (χ1v) is 9.46. The topological polar surface area (TPSA) is 43.4 Å². The Morgan fingerprint density at radius 1 is 1.04 bits per heavy atom. The van der Waals surface area contributed by atoms with Crippen LogP contribution in [-0.2, 0) is 14.3 Å². The Bertz CT molecular complexity index is 494. The molecule has 3 aliphatic rings. The molecule has 0 aromatic carbocycles. The zero-order chi connectivity index (χ0) is 16.9. The molecule has 3 rings (SSSR count). The van der Waals surface area contributed by atoms with Crippen LogP contribution in [0.4, 0.5) is 0 Å². The summed E-state index contributed by atoms with van der Waals surface area (Å²) in [6.45, 7) is 10.6. The molecule has 0 aliphatic heterocycles. The van der Waals surface area contributed by atoms with Crippen LogP contribution in [0.3, 0.4) is 0 Å². The Kier molecular flexibility index (Phi) is 6.92. The molecule has 3 fully saturated rings. The van der Waals surface area contributed by atoms with Crippen LogP contribution in [0.2, 0.25) is 0 Å². The number of carbonyl (C=O) groups excluding carboxylic acids is 2. The molecule has 0 aromatic rings. The molecule has 0 spiro atoms. The van der Waals surface area contributed by atoms with Gasteiger partial charge in [-0.2, -0.15) is 0 Å². The van der Waals surface area contributed by atoms with Gasteiger partial charge in [-0.05, 0) is 69.1 Å². The van der Waals surface area contributed by atoms with Gasteiger partial charge in [-0.15, -0.1) is 0 Å². The van der Waals surface area contributed by atoms with Gasteiger partial charge < -0.3 is 4.74 Å². The third kappa shape index (κ3) is 3.95. The zero-order valence-corrected chi connectivity index (χ0v) is 15.3. The van der Waals surface area contributed by atoms with Crippen LogP contribution >= 0.6 is 0 Å². The van der Waals surface area contributed by atoms with Crippen LogP contribution in [0, 0.1) is 41.4 Å². The molecule has 2 bridgehead atoms. The van der Waals surface area contributed by atoms with Crippen LogP contribution in [0.5, 0.6) is 0 Å². The molecule has 7 atom stereocenters. The second kappa shape index (κ2) is 7.80. The smallest absolute Gasteiger partial charge is 0.309 e. The second-order valence-electron chi connectivity index (χ2n) is 9.15. The minimum atomic E-state index is -0.662. The minimum absolute atomic E-state index is 0. The lowest BCUT2D eigenvalue weighted by atomic mass is 9.73.